The molecule has 1 saturated carbocycles. The molecule has 1 spiro atoms. The Morgan fingerprint density at radius 2 is 2.15 bits per heavy atom. The Morgan fingerprint density at radius 1 is 1.22 bits per heavy atom. The van der Waals surface area contributed by atoms with Gasteiger partial charge in [0, 0.05) is 31.6 Å². The van der Waals surface area contributed by atoms with E-state index in [0.717, 1.165) is 45.3 Å². The van der Waals surface area contributed by atoms with Gasteiger partial charge in [0.15, 0.2) is 5.82 Å². The van der Waals surface area contributed by atoms with E-state index in [1.54, 1.807) is 0 Å². The zero-order valence-corrected chi connectivity index (χ0v) is 16.0. The number of alkyl carbamates (subject to hydrolysis) is 1. The molecule has 4 aliphatic heterocycles. The molecule has 8 heteroatoms. The number of nitrogens with zero attached hydrogens (tertiary/aromatic N) is 4. The number of carbonyl (C=O) groups is 1. The van der Waals surface area contributed by atoms with E-state index >= 15 is 0 Å². The molecule has 2 bridgehead atoms. The molecule has 148 valence electrons. The molecule has 1 aliphatic carbocycles. The van der Waals surface area contributed by atoms with E-state index in [-0.39, 0.29) is 11.7 Å². The van der Waals surface area contributed by atoms with E-state index in [1.807, 2.05) is 6.92 Å². The summed E-state index contributed by atoms with van der Waals surface area (Å²) in [7, 11) is 0. The van der Waals surface area contributed by atoms with Gasteiger partial charge in [-0.1, -0.05) is 11.6 Å². The smallest absolute Gasteiger partial charge is 0.407 e. The van der Waals surface area contributed by atoms with E-state index in [4.69, 9.17) is 9.26 Å². The molecule has 0 aromatic carbocycles. The summed E-state index contributed by atoms with van der Waals surface area (Å²) in [6.07, 6.45) is 7.66. The first-order valence-electron chi connectivity index (χ1n) is 10.4. The number of piperidine rings is 1. The number of hydrogen-bond acceptors (Lipinski definition) is 7. The summed E-state index contributed by atoms with van der Waals surface area (Å²) >= 11 is 0. The second-order valence-electron chi connectivity index (χ2n) is 8.74. The second-order valence-corrected chi connectivity index (χ2v) is 8.74. The number of fused-ring (bicyclic) bond motifs is 4. The number of aromatic nitrogens is 2. The fraction of sp³-hybridized carbons (Fsp3) is 0.842. The monoisotopic (exact) mass is 375 g/mol. The van der Waals surface area contributed by atoms with Crippen molar-refractivity contribution in [3.05, 3.63) is 5.82 Å². The third-order valence-corrected chi connectivity index (χ3v) is 7.07. The molecule has 27 heavy (non-hydrogen) atoms. The lowest BCUT2D eigenvalue weighted by molar-refractivity contribution is 0.0402. The fourth-order valence-electron chi connectivity index (χ4n) is 5.68. The number of ether oxygens (including phenoxy) is 1. The van der Waals surface area contributed by atoms with Crippen molar-refractivity contribution in [1.29, 1.82) is 0 Å². The first-order chi connectivity index (χ1) is 13.1. The highest BCUT2D eigenvalue weighted by atomic mass is 16.6. The molecular formula is C19H29N5O3. The average molecular weight is 375 g/mol. The number of anilines is 1. The van der Waals surface area contributed by atoms with Crippen LogP contribution in [0.5, 0.6) is 0 Å². The van der Waals surface area contributed by atoms with Crippen LogP contribution in [0.4, 0.5) is 10.8 Å². The van der Waals surface area contributed by atoms with E-state index in [0.29, 0.717) is 36.4 Å². The molecule has 6 rings (SSSR count). The van der Waals surface area contributed by atoms with Crippen LogP contribution in [-0.4, -0.2) is 65.0 Å². The predicted octanol–water partition coefficient (Wildman–Crippen LogP) is 2.09. The lowest BCUT2D eigenvalue weighted by Crippen LogP contribution is -2.54. The topological polar surface area (TPSA) is 83.7 Å². The zero-order chi connectivity index (χ0) is 18.4. The summed E-state index contributed by atoms with van der Waals surface area (Å²) in [5.74, 6) is 1.34. The highest BCUT2D eigenvalue weighted by Gasteiger charge is 2.46. The van der Waals surface area contributed by atoms with E-state index in [2.05, 4.69) is 25.3 Å². The Hall–Kier alpha value is -1.83. The maximum atomic E-state index is 11.6. The predicted molar refractivity (Wildman–Crippen MR) is 98.6 cm³/mol. The largest absolute Gasteiger partial charge is 0.441 e. The van der Waals surface area contributed by atoms with Crippen molar-refractivity contribution >= 4 is 12.1 Å². The van der Waals surface area contributed by atoms with Gasteiger partial charge in [-0.25, -0.2) is 4.79 Å². The third kappa shape index (κ3) is 3.17. The Balaban J connectivity index is 1.30. The Labute approximate surface area is 159 Å². The van der Waals surface area contributed by atoms with E-state index < -0.39 is 0 Å². The molecule has 1 N–H and O–H groups in total. The number of nitrogens with one attached hydrogen (secondary N) is 1. The SMILES string of the molecule is Cc1noc(N2CC3CCCC2CC3N2CCCC3(CC2)CNC(=O)O3)n1. The lowest BCUT2D eigenvalue weighted by Gasteiger charge is -2.45. The molecule has 1 amide bonds. The van der Waals surface area contributed by atoms with Gasteiger partial charge in [0.2, 0.25) is 0 Å². The quantitative estimate of drug-likeness (QED) is 0.847. The number of amides is 1. The van der Waals surface area contributed by atoms with E-state index in [1.165, 1.54) is 19.3 Å². The summed E-state index contributed by atoms with van der Waals surface area (Å²) in [4.78, 5) is 21.1. The third-order valence-electron chi connectivity index (χ3n) is 7.07. The second kappa shape index (κ2) is 6.65. The average Bonchev–Trinajstić information content (AvgIpc) is 3.01. The fourth-order valence-corrected chi connectivity index (χ4v) is 5.68. The molecule has 1 aromatic heterocycles. The van der Waals surface area contributed by atoms with Crippen molar-refractivity contribution in [2.24, 2.45) is 5.92 Å². The van der Waals surface area contributed by atoms with Crippen molar-refractivity contribution in [3.8, 4) is 0 Å². The van der Waals surface area contributed by atoms with Gasteiger partial charge in [-0.3, -0.25) is 4.90 Å². The van der Waals surface area contributed by atoms with Gasteiger partial charge in [0.1, 0.15) is 5.60 Å². The van der Waals surface area contributed by atoms with Crippen LogP contribution in [0.2, 0.25) is 0 Å². The van der Waals surface area contributed by atoms with Gasteiger partial charge in [0.05, 0.1) is 6.54 Å². The summed E-state index contributed by atoms with van der Waals surface area (Å²) in [6.45, 7) is 5.68. The lowest BCUT2D eigenvalue weighted by atomic mass is 9.87. The van der Waals surface area contributed by atoms with Gasteiger partial charge in [-0.15, -0.1) is 0 Å². The number of carbonyl (C=O) groups excluding carboxylic acids is 1. The Kier molecular flexibility index (Phi) is 4.26. The first-order valence-corrected chi connectivity index (χ1v) is 10.4. The maximum absolute atomic E-state index is 11.6. The van der Waals surface area contributed by atoms with E-state index in [9.17, 15) is 4.79 Å². The molecule has 0 radical (unpaired) electrons. The van der Waals surface area contributed by atoms with Gasteiger partial charge in [-0.05, 0) is 51.5 Å². The summed E-state index contributed by atoms with van der Waals surface area (Å²) < 4.78 is 11.1. The van der Waals surface area contributed by atoms with Crippen molar-refractivity contribution in [3.63, 3.8) is 0 Å². The van der Waals surface area contributed by atoms with Crippen LogP contribution < -0.4 is 10.2 Å². The molecule has 5 fully saturated rings. The molecule has 8 nitrogen and oxygen atoms in total. The van der Waals surface area contributed by atoms with Crippen LogP contribution in [0.15, 0.2) is 4.52 Å². The molecule has 4 unspecified atom stereocenters. The summed E-state index contributed by atoms with van der Waals surface area (Å²) in [5, 5.41) is 6.84. The molecular weight excluding hydrogens is 346 g/mol. The molecule has 5 heterocycles. The minimum atomic E-state index is -0.275. The molecule has 1 aromatic rings. The van der Waals surface area contributed by atoms with Crippen molar-refractivity contribution < 1.29 is 14.1 Å². The standard InChI is InChI=1S/C19H29N5O3/c1-13-21-17(27-22-13)24-11-14-4-2-5-15(24)10-16(14)23-8-3-6-19(7-9-23)12-20-18(25)26-19/h14-16H,2-12H2,1H3,(H,20,25). The first kappa shape index (κ1) is 17.3. The number of aryl methyl sites for hydroxylation is 1. The van der Waals surface area contributed by atoms with Crippen molar-refractivity contribution in [2.75, 3.05) is 31.1 Å². The van der Waals surface area contributed by atoms with Crippen LogP contribution in [-0.2, 0) is 4.74 Å². The van der Waals surface area contributed by atoms with Gasteiger partial charge in [0.25, 0.3) is 0 Å². The van der Waals surface area contributed by atoms with Crippen molar-refractivity contribution in [2.45, 2.75) is 69.6 Å². The number of likely N-dealkylation sites (tertiary alicyclic amines) is 1. The summed E-state index contributed by atoms with van der Waals surface area (Å²) in [6, 6.07) is 1.79. The van der Waals surface area contributed by atoms with Crippen LogP contribution in [0.3, 0.4) is 0 Å². The maximum Gasteiger partial charge on any atom is 0.407 e. The minimum absolute atomic E-state index is 0.248. The molecule has 4 saturated heterocycles. The zero-order valence-electron chi connectivity index (χ0n) is 16.0. The summed E-state index contributed by atoms with van der Waals surface area (Å²) in [5.41, 5.74) is -0.275. The Bertz CT molecular complexity index is 709. The van der Waals surface area contributed by atoms with Gasteiger partial charge in [-0.2, -0.15) is 4.98 Å². The highest BCUT2D eigenvalue weighted by Crippen LogP contribution is 2.40. The molecule has 5 aliphatic rings. The molecule has 4 atom stereocenters. The van der Waals surface area contributed by atoms with Crippen LogP contribution in [0.1, 0.15) is 50.8 Å². The normalized spacial score (nSPS) is 37.1. The van der Waals surface area contributed by atoms with Gasteiger partial charge >= 0.3 is 12.1 Å². The number of rotatable bonds is 2. The minimum Gasteiger partial charge on any atom is -0.441 e. The Morgan fingerprint density at radius 3 is 2.93 bits per heavy atom. The highest BCUT2D eigenvalue weighted by molar-refractivity contribution is 5.70. The van der Waals surface area contributed by atoms with Gasteiger partial charge < -0.3 is 19.5 Å². The number of hydrogen-bond donors (Lipinski definition) is 1. The van der Waals surface area contributed by atoms with Crippen LogP contribution >= 0.6 is 0 Å². The van der Waals surface area contributed by atoms with Crippen LogP contribution in [0.25, 0.3) is 0 Å². The van der Waals surface area contributed by atoms with Crippen molar-refractivity contribution in [1.82, 2.24) is 20.4 Å². The van der Waals surface area contributed by atoms with Crippen LogP contribution in [0, 0.1) is 12.8 Å².